The van der Waals surface area contributed by atoms with E-state index in [1.165, 1.54) is 28.0 Å². The van der Waals surface area contributed by atoms with Gasteiger partial charge in [0.1, 0.15) is 11.3 Å². The number of carbonyl (C=O) groups is 2. The van der Waals surface area contributed by atoms with Gasteiger partial charge in [-0.15, -0.1) is 10.2 Å². The summed E-state index contributed by atoms with van der Waals surface area (Å²) in [5.41, 5.74) is 3.87. The van der Waals surface area contributed by atoms with Crippen LogP contribution in [0.5, 0.6) is 11.5 Å². The smallest absolute Gasteiger partial charge is 0.301 e. The maximum absolute atomic E-state index is 13.9. The molecule has 13 heteroatoms. The van der Waals surface area contributed by atoms with Crippen LogP contribution in [0, 0.1) is 13.8 Å². The summed E-state index contributed by atoms with van der Waals surface area (Å²) in [6.45, 7) is 8.64. The third-order valence-corrected chi connectivity index (χ3v) is 10.6. The van der Waals surface area contributed by atoms with Crippen molar-refractivity contribution in [2.45, 2.75) is 63.1 Å². The maximum Gasteiger partial charge on any atom is 0.301 e. The van der Waals surface area contributed by atoms with Crippen LogP contribution in [-0.2, 0) is 15.3 Å². The van der Waals surface area contributed by atoms with E-state index < -0.39 is 17.7 Å². The number of imidazole rings is 1. The highest BCUT2D eigenvalue weighted by Gasteiger charge is 2.49. The summed E-state index contributed by atoms with van der Waals surface area (Å²) in [6.07, 6.45) is 4.85. The average molecular weight is 718 g/mol. The fourth-order valence-electron chi connectivity index (χ4n) is 5.72. The third-order valence-electron chi connectivity index (χ3n) is 8.22. The van der Waals surface area contributed by atoms with Crippen molar-refractivity contribution in [2.75, 3.05) is 18.1 Å². The number of anilines is 1. The summed E-state index contributed by atoms with van der Waals surface area (Å²) >= 11 is 8.69. The number of unbranched alkanes of at least 4 members (excludes halogenated alkanes) is 2. The minimum absolute atomic E-state index is 0.0983. The van der Waals surface area contributed by atoms with Gasteiger partial charge >= 0.3 is 5.91 Å². The number of rotatable bonds is 13. The summed E-state index contributed by atoms with van der Waals surface area (Å²) in [5.74, 6) is -0.407. The highest BCUT2D eigenvalue weighted by atomic mass is 35.5. The number of Topliss-reactive ketones (excluding diaryl/α,β-unsaturated/α-hetero) is 1. The molecule has 0 bridgehead atoms. The lowest BCUT2D eigenvalue weighted by Gasteiger charge is -2.23. The first-order valence-corrected chi connectivity index (χ1v) is 18.3. The number of carbonyl (C=O) groups excluding carboxylic acids is 2. The molecular weight excluding hydrogens is 682 g/mol. The molecule has 1 atom stereocenters. The molecule has 1 N–H and O–H groups in total. The summed E-state index contributed by atoms with van der Waals surface area (Å²) < 4.78 is 14.5. The first kappa shape index (κ1) is 34.5. The van der Waals surface area contributed by atoms with Crippen LogP contribution in [0.25, 0.3) is 11.4 Å². The molecule has 1 amide bonds. The first-order chi connectivity index (χ1) is 23.7. The maximum atomic E-state index is 13.9. The van der Waals surface area contributed by atoms with Gasteiger partial charge in [0.25, 0.3) is 5.78 Å². The summed E-state index contributed by atoms with van der Waals surface area (Å²) in [5, 5.41) is 21.5. The largest absolute Gasteiger partial charge is 0.505 e. The number of aromatic nitrogens is 4. The van der Waals surface area contributed by atoms with Gasteiger partial charge in [0.15, 0.2) is 21.6 Å². The Bertz CT molecular complexity index is 2040. The Hall–Kier alpha value is -4.39. The zero-order valence-corrected chi connectivity index (χ0v) is 30.0. The molecule has 0 aliphatic carbocycles. The molecule has 1 fully saturated rings. The van der Waals surface area contributed by atoms with E-state index in [0.717, 1.165) is 30.4 Å². The predicted octanol–water partition coefficient (Wildman–Crippen LogP) is 8.34. The van der Waals surface area contributed by atoms with Crippen molar-refractivity contribution < 1.29 is 24.2 Å². The Labute approximate surface area is 297 Å². The predicted molar refractivity (Wildman–Crippen MR) is 193 cm³/mol. The quantitative estimate of drug-likeness (QED) is 0.0320. The van der Waals surface area contributed by atoms with Gasteiger partial charge in [0.2, 0.25) is 5.13 Å². The van der Waals surface area contributed by atoms with Crippen LogP contribution in [0.1, 0.15) is 67.2 Å². The Morgan fingerprint density at radius 1 is 1.02 bits per heavy atom. The lowest BCUT2D eigenvalue weighted by atomic mass is 9.96. The Morgan fingerprint density at radius 3 is 2.55 bits per heavy atom. The molecule has 5 aromatic rings. The molecule has 0 radical (unpaired) electrons. The van der Waals surface area contributed by atoms with E-state index in [0.29, 0.717) is 56.7 Å². The Balaban J connectivity index is 1.44. The van der Waals surface area contributed by atoms with Gasteiger partial charge in [-0.1, -0.05) is 78.7 Å². The number of thioether (sulfide) groups is 1. The molecule has 0 spiro atoms. The molecule has 6 rings (SSSR count). The van der Waals surface area contributed by atoms with E-state index in [1.54, 1.807) is 18.2 Å². The number of aryl methyl sites for hydroxylation is 2. The summed E-state index contributed by atoms with van der Waals surface area (Å²) in [7, 11) is 0. The number of amides is 1. The van der Waals surface area contributed by atoms with Crippen LogP contribution in [0.3, 0.4) is 0 Å². The van der Waals surface area contributed by atoms with E-state index in [2.05, 4.69) is 17.1 Å². The molecule has 1 aliphatic heterocycles. The van der Waals surface area contributed by atoms with Crippen molar-refractivity contribution in [1.82, 2.24) is 19.6 Å². The third kappa shape index (κ3) is 7.03. The number of aliphatic hydroxyl groups excluding tert-OH is 1. The van der Waals surface area contributed by atoms with Gasteiger partial charge in [-0.2, -0.15) is 0 Å². The molecule has 2 aromatic carbocycles. The van der Waals surface area contributed by atoms with Gasteiger partial charge < -0.3 is 19.0 Å². The van der Waals surface area contributed by atoms with Crippen molar-refractivity contribution in [2.24, 2.45) is 0 Å². The second kappa shape index (κ2) is 15.0. The van der Waals surface area contributed by atoms with Gasteiger partial charge in [0, 0.05) is 17.0 Å². The number of nitrogens with zero attached hydrogens (tertiary/aromatic N) is 5. The molecule has 0 saturated carbocycles. The van der Waals surface area contributed by atoms with E-state index in [1.807, 2.05) is 67.8 Å². The first-order valence-electron chi connectivity index (χ1n) is 16.1. The van der Waals surface area contributed by atoms with Crippen LogP contribution < -0.4 is 14.4 Å². The monoisotopic (exact) mass is 717 g/mol. The van der Waals surface area contributed by atoms with Crippen LogP contribution in [0.2, 0.25) is 5.02 Å². The van der Waals surface area contributed by atoms with Crippen LogP contribution in [-0.4, -0.2) is 49.6 Å². The Kier molecular flexibility index (Phi) is 10.6. The highest BCUT2D eigenvalue weighted by molar-refractivity contribution is 8.00. The minimum Gasteiger partial charge on any atom is -0.505 e. The number of halogens is 1. The van der Waals surface area contributed by atoms with E-state index in [-0.39, 0.29) is 22.2 Å². The SMILES string of the molecule is CCCCCOc1ccc(C2/C(=C(\O)c3nc4c(C)cccn4c3C)C(=O)C(=O)N2c2nnc(SCc3ccc(Cl)cc3)s2)cc1OCC. The zero-order chi connectivity index (χ0) is 34.7. The molecule has 49 heavy (non-hydrogen) atoms. The molecule has 254 valence electrons. The van der Waals surface area contributed by atoms with E-state index >= 15 is 0 Å². The number of fused-ring (bicyclic) bond motifs is 1. The van der Waals surface area contributed by atoms with Crippen LogP contribution in [0.4, 0.5) is 5.13 Å². The summed E-state index contributed by atoms with van der Waals surface area (Å²) in [4.78, 5) is 33.9. The second-order valence-electron chi connectivity index (χ2n) is 11.6. The van der Waals surface area contributed by atoms with Gasteiger partial charge in [-0.05, 0) is 74.2 Å². The molecule has 10 nitrogen and oxygen atoms in total. The van der Waals surface area contributed by atoms with Crippen molar-refractivity contribution in [3.8, 4) is 11.5 Å². The lowest BCUT2D eigenvalue weighted by Crippen LogP contribution is -2.29. The zero-order valence-electron chi connectivity index (χ0n) is 27.6. The molecule has 1 saturated heterocycles. The van der Waals surface area contributed by atoms with Crippen LogP contribution >= 0.6 is 34.7 Å². The molecular formula is C36H36ClN5O5S2. The van der Waals surface area contributed by atoms with Crippen molar-refractivity contribution in [1.29, 1.82) is 0 Å². The van der Waals surface area contributed by atoms with Crippen molar-refractivity contribution in [3.63, 3.8) is 0 Å². The number of aliphatic hydroxyl groups is 1. The minimum atomic E-state index is -1.04. The van der Waals surface area contributed by atoms with Gasteiger partial charge in [-0.3, -0.25) is 14.5 Å². The average Bonchev–Trinajstić information content (AvgIpc) is 3.78. The van der Waals surface area contributed by atoms with Gasteiger partial charge in [0.05, 0.1) is 30.5 Å². The molecule has 1 aliphatic rings. The summed E-state index contributed by atoms with van der Waals surface area (Å²) in [6, 6.07) is 15.6. The van der Waals surface area contributed by atoms with Crippen LogP contribution in [0.15, 0.2) is 70.7 Å². The number of hydrogen-bond donors (Lipinski definition) is 1. The fraction of sp³-hybridized carbons (Fsp3) is 0.306. The number of pyridine rings is 1. The second-order valence-corrected chi connectivity index (χ2v) is 14.2. The topological polar surface area (TPSA) is 119 Å². The van der Waals surface area contributed by atoms with Crippen molar-refractivity contribution in [3.05, 3.63) is 99.5 Å². The van der Waals surface area contributed by atoms with E-state index in [4.69, 9.17) is 26.1 Å². The lowest BCUT2D eigenvalue weighted by molar-refractivity contribution is -0.132. The Morgan fingerprint density at radius 2 is 1.82 bits per heavy atom. The highest BCUT2D eigenvalue weighted by Crippen LogP contribution is 2.46. The number of ether oxygens (including phenoxy) is 2. The normalized spacial score (nSPS) is 15.8. The van der Waals surface area contributed by atoms with Gasteiger partial charge in [-0.25, -0.2) is 4.98 Å². The fourth-order valence-corrected chi connectivity index (χ4v) is 7.67. The number of ketones is 1. The van der Waals surface area contributed by atoms with Crippen molar-refractivity contribution >= 4 is 62.9 Å². The molecule has 1 unspecified atom stereocenters. The molecule has 3 aromatic heterocycles. The van der Waals surface area contributed by atoms with E-state index in [9.17, 15) is 14.7 Å². The number of benzene rings is 2. The standard InChI is InChI=1S/C36H36ClN5O5S2/c1-5-7-8-18-47-26-16-13-24(19-27(26)46-6-2)30-28(31(43)29-22(4)41-17-9-10-21(3)33(41)38-29)32(44)34(45)42(30)35-39-40-36(49-35)48-20-23-11-14-25(37)15-12-23/h9-17,19,30,43H,5-8,18,20H2,1-4H3/b31-28+. The number of hydrogen-bond acceptors (Lipinski definition) is 10. The molecule has 4 heterocycles.